The van der Waals surface area contributed by atoms with E-state index in [1.807, 2.05) is 51.1 Å². The molecule has 28 heavy (non-hydrogen) atoms. The van der Waals surface area contributed by atoms with Gasteiger partial charge >= 0.3 is 0 Å². The summed E-state index contributed by atoms with van der Waals surface area (Å²) < 4.78 is 28.5. The number of halogens is 1. The molecule has 0 spiro atoms. The molecular formula is C22H23ClN2O2S. The van der Waals surface area contributed by atoms with Crippen LogP contribution in [0.3, 0.4) is 0 Å². The second-order valence-corrected chi connectivity index (χ2v) is 8.99. The highest BCUT2D eigenvalue weighted by Gasteiger charge is 2.21. The number of nitrogens with one attached hydrogen (secondary N) is 1. The van der Waals surface area contributed by atoms with Gasteiger partial charge in [0.15, 0.2) is 0 Å². The van der Waals surface area contributed by atoms with Crippen molar-refractivity contribution in [1.82, 2.24) is 9.71 Å². The predicted molar refractivity (Wildman–Crippen MR) is 114 cm³/mol. The Hall–Kier alpha value is -2.21. The minimum absolute atomic E-state index is 0.198. The SMILES string of the molecule is Cc1nccc(-c2cccc([C@H](C)NS(=O)(=O)c3cccc(Cl)c3C)c2)c1C. The van der Waals surface area contributed by atoms with Gasteiger partial charge in [-0.3, -0.25) is 4.98 Å². The van der Waals surface area contributed by atoms with Crippen molar-refractivity contribution < 1.29 is 8.42 Å². The lowest BCUT2D eigenvalue weighted by molar-refractivity contribution is 0.566. The highest BCUT2D eigenvalue weighted by molar-refractivity contribution is 7.89. The maximum atomic E-state index is 12.9. The van der Waals surface area contributed by atoms with Gasteiger partial charge in [0, 0.05) is 23.0 Å². The van der Waals surface area contributed by atoms with Crippen LogP contribution in [0.4, 0.5) is 0 Å². The first-order valence-corrected chi connectivity index (χ1v) is 10.9. The third kappa shape index (κ3) is 4.12. The van der Waals surface area contributed by atoms with Gasteiger partial charge in [0.25, 0.3) is 0 Å². The average molecular weight is 415 g/mol. The topological polar surface area (TPSA) is 59.1 Å². The van der Waals surface area contributed by atoms with Gasteiger partial charge in [-0.2, -0.15) is 0 Å². The molecule has 4 nitrogen and oxygen atoms in total. The van der Waals surface area contributed by atoms with Crippen LogP contribution in [-0.2, 0) is 10.0 Å². The molecule has 1 aromatic heterocycles. The molecule has 0 amide bonds. The zero-order valence-corrected chi connectivity index (χ0v) is 17.9. The summed E-state index contributed by atoms with van der Waals surface area (Å²) in [5.74, 6) is 0. The Kier molecular flexibility index (Phi) is 5.89. The standard InChI is InChI=1S/C22H23ClN2O2S/c1-14-16(3)24-12-11-20(14)19-8-5-7-18(13-19)17(4)25-28(26,27)22-10-6-9-21(23)15(22)2/h5-13,17,25H,1-4H3/t17-/m0/s1. The first kappa shape index (κ1) is 20.5. The smallest absolute Gasteiger partial charge is 0.241 e. The van der Waals surface area contributed by atoms with Crippen LogP contribution in [0.2, 0.25) is 5.02 Å². The van der Waals surface area contributed by atoms with Crippen LogP contribution < -0.4 is 4.72 Å². The van der Waals surface area contributed by atoms with Crippen molar-refractivity contribution in [3.8, 4) is 11.1 Å². The molecule has 3 aromatic rings. The van der Waals surface area contributed by atoms with Crippen molar-refractivity contribution in [2.75, 3.05) is 0 Å². The summed E-state index contributed by atoms with van der Waals surface area (Å²) in [6.07, 6.45) is 1.79. The van der Waals surface area contributed by atoms with Crippen molar-refractivity contribution in [3.63, 3.8) is 0 Å². The Balaban J connectivity index is 1.92. The van der Waals surface area contributed by atoms with Gasteiger partial charge < -0.3 is 0 Å². The van der Waals surface area contributed by atoms with Crippen LogP contribution in [0, 0.1) is 20.8 Å². The third-order valence-corrected chi connectivity index (χ3v) is 7.09. The molecular weight excluding hydrogens is 392 g/mol. The monoisotopic (exact) mass is 414 g/mol. The molecule has 2 aromatic carbocycles. The molecule has 1 heterocycles. The van der Waals surface area contributed by atoms with Crippen molar-refractivity contribution >= 4 is 21.6 Å². The summed E-state index contributed by atoms with van der Waals surface area (Å²) in [4.78, 5) is 4.52. The minimum atomic E-state index is -3.70. The average Bonchev–Trinajstić information content (AvgIpc) is 2.65. The van der Waals surface area contributed by atoms with E-state index in [1.54, 1.807) is 31.3 Å². The third-order valence-electron chi connectivity index (χ3n) is 4.99. The van der Waals surface area contributed by atoms with E-state index in [2.05, 4.69) is 9.71 Å². The van der Waals surface area contributed by atoms with E-state index < -0.39 is 16.1 Å². The Bertz CT molecular complexity index is 1130. The predicted octanol–water partition coefficient (Wildman–Crippen LogP) is 5.37. The van der Waals surface area contributed by atoms with Crippen molar-refractivity contribution in [2.24, 2.45) is 0 Å². The number of hydrogen-bond acceptors (Lipinski definition) is 3. The fourth-order valence-electron chi connectivity index (χ4n) is 3.17. The highest BCUT2D eigenvalue weighted by Crippen LogP contribution is 2.28. The molecule has 146 valence electrons. The lowest BCUT2D eigenvalue weighted by atomic mass is 9.97. The second-order valence-electron chi connectivity index (χ2n) is 6.90. The number of sulfonamides is 1. The number of nitrogens with zero attached hydrogens (tertiary/aromatic N) is 1. The van der Waals surface area contributed by atoms with E-state index >= 15 is 0 Å². The Morgan fingerprint density at radius 2 is 1.71 bits per heavy atom. The fraction of sp³-hybridized carbons (Fsp3) is 0.227. The van der Waals surface area contributed by atoms with Gasteiger partial charge in [-0.05, 0) is 79.8 Å². The summed E-state index contributed by atoms with van der Waals surface area (Å²) in [6, 6.07) is 14.4. The van der Waals surface area contributed by atoms with Crippen molar-refractivity contribution in [1.29, 1.82) is 0 Å². The summed E-state index contributed by atoms with van der Waals surface area (Å²) in [6.45, 7) is 7.56. The highest BCUT2D eigenvalue weighted by atomic mass is 35.5. The second kappa shape index (κ2) is 8.03. The number of pyridine rings is 1. The first-order chi connectivity index (χ1) is 13.2. The van der Waals surface area contributed by atoms with Crippen LogP contribution in [-0.4, -0.2) is 13.4 Å². The number of aromatic nitrogens is 1. The molecule has 0 aliphatic rings. The number of rotatable bonds is 5. The van der Waals surface area contributed by atoms with E-state index in [0.717, 1.165) is 27.9 Å². The number of hydrogen-bond donors (Lipinski definition) is 1. The maximum Gasteiger partial charge on any atom is 0.241 e. The van der Waals surface area contributed by atoms with E-state index in [0.29, 0.717) is 10.6 Å². The molecule has 0 bridgehead atoms. The summed E-state index contributed by atoms with van der Waals surface area (Å²) in [5, 5.41) is 0.432. The fourth-order valence-corrected chi connectivity index (χ4v) is 4.90. The molecule has 0 aliphatic carbocycles. The van der Waals surface area contributed by atoms with Crippen LogP contribution in [0.25, 0.3) is 11.1 Å². The largest absolute Gasteiger partial charge is 0.261 e. The number of benzene rings is 2. The van der Waals surface area contributed by atoms with Crippen LogP contribution in [0.5, 0.6) is 0 Å². The Morgan fingerprint density at radius 1 is 1.00 bits per heavy atom. The maximum absolute atomic E-state index is 12.9. The molecule has 3 rings (SSSR count). The first-order valence-electron chi connectivity index (χ1n) is 9.00. The zero-order valence-electron chi connectivity index (χ0n) is 16.3. The van der Waals surface area contributed by atoms with Gasteiger partial charge in [0.2, 0.25) is 10.0 Å². The Labute approximate surface area is 171 Å². The van der Waals surface area contributed by atoms with Crippen molar-refractivity contribution in [2.45, 2.75) is 38.6 Å². The van der Waals surface area contributed by atoms with Crippen LogP contribution in [0.15, 0.2) is 59.6 Å². The van der Waals surface area contributed by atoms with E-state index in [9.17, 15) is 8.42 Å². The van der Waals surface area contributed by atoms with Gasteiger partial charge in [-0.25, -0.2) is 13.1 Å². The minimum Gasteiger partial charge on any atom is -0.261 e. The van der Waals surface area contributed by atoms with Gasteiger partial charge in [-0.1, -0.05) is 35.9 Å². The lowest BCUT2D eigenvalue weighted by Crippen LogP contribution is -2.27. The zero-order chi connectivity index (χ0) is 20.5. The molecule has 1 N–H and O–H groups in total. The summed E-state index contributed by atoms with van der Waals surface area (Å²) >= 11 is 6.09. The quantitative estimate of drug-likeness (QED) is 0.610. The van der Waals surface area contributed by atoms with Gasteiger partial charge in [-0.15, -0.1) is 0 Å². The van der Waals surface area contributed by atoms with Gasteiger partial charge in [0.1, 0.15) is 0 Å². The summed E-state index contributed by atoms with van der Waals surface area (Å²) in [5.41, 5.74) is 5.64. The van der Waals surface area contributed by atoms with E-state index in [1.165, 1.54) is 0 Å². The van der Waals surface area contributed by atoms with E-state index in [-0.39, 0.29) is 4.90 Å². The molecule has 1 atom stereocenters. The molecule has 0 aliphatic heterocycles. The van der Waals surface area contributed by atoms with E-state index in [4.69, 9.17) is 11.6 Å². The molecule has 0 radical (unpaired) electrons. The molecule has 0 unspecified atom stereocenters. The lowest BCUT2D eigenvalue weighted by Gasteiger charge is -2.17. The van der Waals surface area contributed by atoms with Crippen LogP contribution in [0.1, 0.15) is 35.3 Å². The summed E-state index contributed by atoms with van der Waals surface area (Å²) in [7, 11) is -3.70. The Morgan fingerprint density at radius 3 is 2.46 bits per heavy atom. The van der Waals surface area contributed by atoms with Crippen molar-refractivity contribution in [3.05, 3.63) is 82.1 Å². The normalized spacial score (nSPS) is 12.8. The number of aryl methyl sites for hydroxylation is 1. The van der Waals surface area contributed by atoms with Gasteiger partial charge in [0.05, 0.1) is 4.90 Å². The van der Waals surface area contributed by atoms with Crippen LogP contribution >= 0.6 is 11.6 Å². The molecule has 0 saturated heterocycles. The molecule has 0 saturated carbocycles. The molecule has 6 heteroatoms. The molecule has 0 fully saturated rings.